The third kappa shape index (κ3) is 4.59. The van der Waals surface area contributed by atoms with E-state index in [4.69, 9.17) is 4.74 Å². The number of aromatic nitrogens is 2. The molecule has 0 saturated carbocycles. The van der Waals surface area contributed by atoms with Crippen LogP contribution in [0.1, 0.15) is 13.8 Å². The number of carbonyl (C=O) groups excluding carboxylic acids is 1. The Labute approximate surface area is 161 Å². The summed E-state index contributed by atoms with van der Waals surface area (Å²) < 4.78 is 7.29. The number of morpholine rings is 1. The number of guanidine groups is 1. The number of nitrogens with one attached hydrogen (secondary N) is 1. The molecule has 0 aliphatic carbocycles. The summed E-state index contributed by atoms with van der Waals surface area (Å²) >= 11 is 0. The molecule has 3 heterocycles. The maximum atomic E-state index is 12.6. The van der Waals surface area contributed by atoms with Crippen LogP contribution in [-0.2, 0) is 16.6 Å². The van der Waals surface area contributed by atoms with Gasteiger partial charge in [-0.05, 0) is 13.8 Å². The summed E-state index contributed by atoms with van der Waals surface area (Å²) in [6.07, 6.45) is 3.59. The maximum absolute atomic E-state index is 12.6. The van der Waals surface area contributed by atoms with Gasteiger partial charge < -0.3 is 19.9 Å². The lowest BCUT2D eigenvalue weighted by molar-refractivity contribution is -0.120. The summed E-state index contributed by atoms with van der Waals surface area (Å²) in [5.41, 5.74) is 0.897. The molecule has 3 rings (SSSR count). The second kappa shape index (κ2) is 8.26. The van der Waals surface area contributed by atoms with Crippen molar-refractivity contribution in [1.29, 1.82) is 0 Å². The molecule has 2 saturated heterocycles. The van der Waals surface area contributed by atoms with E-state index >= 15 is 0 Å². The van der Waals surface area contributed by atoms with E-state index in [-0.39, 0.29) is 11.4 Å². The number of nitrogens with zero attached hydrogens (tertiary/aromatic N) is 6. The van der Waals surface area contributed by atoms with Crippen molar-refractivity contribution in [2.45, 2.75) is 19.4 Å². The van der Waals surface area contributed by atoms with E-state index in [2.05, 4.69) is 34.2 Å². The number of rotatable bonds is 4. The van der Waals surface area contributed by atoms with Crippen molar-refractivity contribution in [3.63, 3.8) is 0 Å². The molecule has 1 aromatic heterocycles. The smallest absolute Gasteiger partial charge is 0.246 e. The van der Waals surface area contributed by atoms with Gasteiger partial charge in [0.15, 0.2) is 5.96 Å². The van der Waals surface area contributed by atoms with Gasteiger partial charge in [0, 0.05) is 58.6 Å². The summed E-state index contributed by atoms with van der Waals surface area (Å²) in [5, 5.41) is 7.56. The van der Waals surface area contributed by atoms with Crippen LogP contribution in [0.15, 0.2) is 17.4 Å². The first-order valence-corrected chi connectivity index (χ1v) is 9.48. The van der Waals surface area contributed by atoms with Crippen molar-refractivity contribution in [3.05, 3.63) is 12.4 Å². The third-order valence-corrected chi connectivity index (χ3v) is 5.22. The maximum Gasteiger partial charge on any atom is 0.246 e. The Morgan fingerprint density at radius 3 is 2.81 bits per heavy atom. The minimum Gasteiger partial charge on any atom is -0.378 e. The summed E-state index contributed by atoms with van der Waals surface area (Å²) in [4.78, 5) is 23.2. The molecule has 0 bridgehead atoms. The summed E-state index contributed by atoms with van der Waals surface area (Å²) in [6.45, 7) is 10.3. The van der Waals surface area contributed by atoms with E-state index in [0.29, 0.717) is 13.1 Å². The Morgan fingerprint density at radius 2 is 2.19 bits per heavy atom. The van der Waals surface area contributed by atoms with E-state index < -0.39 is 0 Å². The summed E-state index contributed by atoms with van der Waals surface area (Å²) in [5.74, 6) is 0.840. The highest BCUT2D eigenvalue weighted by atomic mass is 16.5. The van der Waals surface area contributed by atoms with Crippen LogP contribution in [0.3, 0.4) is 0 Å². The predicted molar refractivity (Wildman–Crippen MR) is 105 cm³/mol. The normalized spacial score (nSPS) is 21.6. The molecule has 27 heavy (non-hydrogen) atoms. The molecular formula is C18H31N7O2. The zero-order chi connectivity index (χ0) is 19.4. The largest absolute Gasteiger partial charge is 0.378 e. The second-order valence-electron chi connectivity index (χ2n) is 7.67. The summed E-state index contributed by atoms with van der Waals surface area (Å²) in [7, 11) is 3.62. The van der Waals surface area contributed by atoms with E-state index in [9.17, 15) is 4.79 Å². The number of piperazine rings is 1. The van der Waals surface area contributed by atoms with Crippen LogP contribution >= 0.6 is 0 Å². The number of aryl methyl sites for hydroxylation is 1. The average molecular weight is 377 g/mol. The quantitative estimate of drug-likeness (QED) is 0.576. The molecule has 150 valence electrons. The van der Waals surface area contributed by atoms with Crippen LogP contribution in [0, 0.1) is 0 Å². The number of aliphatic imine (C=N–C) groups is 1. The minimum absolute atomic E-state index is 0.0504. The van der Waals surface area contributed by atoms with Gasteiger partial charge in [0.25, 0.3) is 0 Å². The van der Waals surface area contributed by atoms with Crippen LogP contribution in [0.2, 0.25) is 0 Å². The number of amides is 1. The lowest BCUT2D eigenvalue weighted by atomic mass is 10.0. The molecular weight excluding hydrogens is 346 g/mol. The van der Waals surface area contributed by atoms with Crippen LogP contribution in [0.4, 0.5) is 5.69 Å². The summed E-state index contributed by atoms with van der Waals surface area (Å²) in [6, 6.07) is 0. The molecule has 9 heteroatoms. The van der Waals surface area contributed by atoms with E-state index in [1.807, 2.05) is 18.1 Å². The zero-order valence-electron chi connectivity index (χ0n) is 16.8. The van der Waals surface area contributed by atoms with Crippen LogP contribution in [0.5, 0.6) is 0 Å². The van der Waals surface area contributed by atoms with Crippen LogP contribution in [0.25, 0.3) is 0 Å². The first kappa shape index (κ1) is 19.6. The van der Waals surface area contributed by atoms with Gasteiger partial charge in [-0.15, -0.1) is 0 Å². The van der Waals surface area contributed by atoms with Gasteiger partial charge in [-0.3, -0.25) is 19.4 Å². The van der Waals surface area contributed by atoms with Crippen molar-refractivity contribution in [1.82, 2.24) is 24.9 Å². The lowest BCUT2D eigenvalue weighted by Crippen LogP contribution is -2.57. The fraction of sp³-hybridized carbons (Fsp3) is 0.722. The van der Waals surface area contributed by atoms with E-state index in [1.54, 1.807) is 22.8 Å². The third-order valence-electron chi connectivity index (χ3n) is 5.22. The molecule has 1 amide bonds. The van der Waals surface area contributed by atoms with Gasteiger partial charge in [0.05, 0.1) is 25.1 Å². The fourth-order valence-corrected chi connectivity index (χ4v) is 3.61. The SMILES string of the molecule is CN=C(NCCN1CCOCC1(C)C)N1CCN(c2cnn(C)c2)C(=O)C1. The Morgan fingerprint density at radius 1 is 1.37 bits per heavy atom. The number of hydrogen-bond donors (Lipinski definition) is 1. The molecule has 0 atom stereocenters. The highest BCUT2D eigenvalue weighted by Gasteiger charge is 2.31. The molecule has 9 nitrogen and oxygen atoms in total. The fourth-order valence-electron chi connectivity index (χ4n) is 3.61. The number of anilines is 1. The molecule has 1 N–H and O–H groups in total. The average Bonchev–Trinajstić information content (AvgIpc) is 3.06. The number of carbonyl (C=O) groups is 1. The van der Waals surface area contributed by atoms with Crippen molar-refractivity contribution < 1.29 is 9.53 Å². The van der Waals surface area contributed by atoms with Crippen molar-refractivity contribution in [2.24, 2.45) is 12.0 Å². The molecule has 2 aliphatic rings. The van der Waals surface area contributed by atoms with Crippen molar-refractivity contribution in [3.8, 4) is 0 Å². The van der Waals surface area contributed by atoms with Gasteiger partial charge in [0.1, 0.15) is 6.54 Å². The Balaban J connectivity index is 1.51. The van der Waals surface area contributed by atoms with E-state index in [1.165, 1.54) is 0 Å². The molecule has 2 aliphatic heterocycles. The number of ether oxygens (including phenoxy) is 1. The van der Waals surface area contributed by atoms with Crippen molar-refractivity contribution >= 4 is 17.6 Å². The topological polar surface area (TPSA) is 78.2 Å². The van der Waals surface area contributed by atoms with Crippen LogP contribution < -0.4 is 10.2 Å². The van der Waals surface area contributed by atoms with Gasteiger partial charge in [-0.25, -0.2) is 0 Å². The minimum atomic E-state index is 0.0504. The van der Waals surface area contributed by atoms with Gasteiger partial charge >= 0.3 is 0 Å². The number of hydrogen-bond acceptors (Lipinski definition) is 5. The highest BCUT2D eigenvalue weighted by molar-refractivity contribution is 5.98. The first-order valence-electron chi connectivity index (χ1n) is 9.48. The second-order valence-corrected chi connectivity index (χ2v) is 7.67. The Kier molecular flexibility index (Phi) is 6.01. The zero-order valence-corrected chi connectivity index (χ0v) is 16.8. The van der Waals surface area contributed by atoms with Gasteiger partial charge in [-0.2, -0.15) is 5.10 Å². The molecule has 0 spiro atoms. The van der Waals surface area contributed by atoms with Crippen molar-refractivity contribution in [2.75, 3.05) is 64.4 Å². The Bertz CT molecular complexity index is 685. The molecule has 0 unspecified atom stereocenters. The predicted octanol–water partition coefficient (Wildman–Crippen LogP) is -0.245. The molecule has 0 aromatic carbocycles. The molecule has 0 radical (unpaired) electrons. The van der Waals surface area contributed by atoms with E-state index in [0.717, 1.165) is 51.0 Å². The Hall–Kier alpha value is -2.13. The monoisotopic (exact) mass is 377 g/mol. The highest BCUT2D eigenvalue weighted by Crippen LogP contribution is 2.18. The van der Waals surface area contributed by atoms with Gasteiger partial charge in [-0.1, -0.05) is 0 Å². The van der Waals surface area contributed by atoms with Gasteiger partial charge in [0.2, 0.25) is 5.91 Å². The lowest BCUT2D eigenvalue weighted by Gasteiger charge is -2.42. The molecule has 1 aromatic rings. The standard InChI is InChI=1S/C18H31N7O2/c1-18(2)14-27-10-9-24(18)6-5-20-17(19-3)23-7-8-25(16(26)13-23)15-11-21-22(4)12-15/h11-12H,5-10,13-14H2,1-4H3,(H,19,20). The van der Waals surface area contributed by atoms with Crippen LogP contribution in [-0.4, -0.2) is 96.5 Å². The molecule has 2 fully saturated rings. The first-order chi connectivity index (χ1) is 12.9.